The topological polar surface area (TPSA) is 109 Å². The summed E-state index contributed by atoms with van der Waals surface area (Å²) >= 11 is 0. The van der Waals surface area contributed by atoms with Crippen molar-refractivity contribution in [2.45, 2.75) is 70.7 Å². The molecule has 9 heteroatoms. The highest BCUT2D eigenvalue weighted by Gasteiger charge is 2.31. The van der Waals surface area contributed by atoms with E-state index in [4.69, 9.17) is 14.2 Å². The van der Waals surface area contributed by atoms with E-state index in [1.54, 1.807) is 30.3 Å². The van der Waals surface area contributed by atoms with Gasteiger partial charge in [0.05, 0.1) is 6.10 Å². The Labute approximate surface area is 230 Å². The summed E-state index contributed by atoms with van der Waals surface area (Å²) in [5.41, 5.74) is 1.28. The molecule has 4 rings (SSSR count). The number of carbonyl (C=O) groups is 2. The van der Waals surface area contributed by atoms with E-state index < -0.39 is 12.3 Å². The third kappa shape index (κ3) is 8.34. The van der Waals surface area contributed by atoms with Gasteiger partial charge < -0.3 is 30.0 Å². The first kappa shape index (κ1) is 28.7. The van der Waals surface area contributed by atoms with Gasteiger partial charge in [0.1, 0.15) is 31.2 Å². The van der Waals surface area contributed by atoms with Crippen molar-refractivity contribution >= 4 is 11.8 Å². The zero-order valence-corrected chi connectivity index (χ0v) is 23.0. The Kier molecular flexibility index (Phi) is 10.4. The van der Waals surface area contributed by atoms with Crippen molar-refractivity contribution in [3.05, 3.63) is 53.6 Å². The highest BCUT2D eigenvalue weighted by molar-refractivity contribution is 5.94. The molecule has 2 aromatic rings. The molecule has 0 spiro atoms. The first-order valence-corrected chi connectivity index (χ1v) is 14.1. The molecular formula is C30H41N3O6. The Morgan fingerprint density at radius 3 is 2.41 bits per heavy atom. The summed E-state index contributed by atoms with van der Waals surface area (Å²) in [6.07, 6.45) is 3.45. The lowest BCUT2D eigenvalue weighted by molar-refractivity contribution is -0.124. The number of aliphatic hydroxyl groups excluding tert-OH is 1. The van der Waals surface area contributed by atoms with E-state index in [2.05, 4.69) is 15.5 Å². The molecule has 0 unspecified atom stereocenters. The summed E-state index contributed by atoms with van der Waals surface area (Å²) < 4.78 is 16.9. The van der Waals surface area contributed by atoms with E-state index in [0.29, 0.717) is 55.2 Å². The van der Waals surface area contributed by atoms with Crippen molar-refractivity contribution < 1.29 is 28.9 Å². The van der Waals surface area contributed by atoms with E-state index >= 15 is 0 Å². The molecule has 0 aliphatic carbocycles. The minimum atomic E-state index is -0.885. The predicted molar refractivity (Wildman–Crippen MR) is 148 cm³/mol. The number of carbonyl (C=O) groups excluding carboxylic acids is 2. The van der Waals surface area contributed by atoms with E-state index in [1.165, 1.54) is 0 Å². The molecule has 2 aliphatic heterocycles. The quantitative estimate of drug-likeness (QED) is 0.332. The lowest BCUT2D eigenvalue weighted by Gasteiger charge is -2.33. The SMILES string of the molecule is CC(C)Oc1ccc(C(=O)NCCCCCC(=O)N[C@@H]([C@H](O)c2ccc3c(c2)OCCO3)N2CCCC2)cc1. The second-order valence-corrected chi connectivity index (χ2v) is 10.4. The van der Waals surface area contributed by atoms with E-state index in [-0.39, 0.29) is 17.9 Å². The van der Waals surface area contributed by atoms with Crippen molar-refractivity contribution in [1.82, 2.24) is 15.5 Å². The van der Waals surface area contributed by atoms with Crippen molar-refractivity contribution in [1.29, 1.82) is 0 Å². The average Bonchev–Trinajstić information content (AvgIpc) is 3.48. The molecule has 2 atom stereocenters. The number of benzene rings is 2. The molecule has 2 heterocycles. The van der Waals surface area contributed by atoms with Gasteiger partial charge in [-0.05, 0) is 81.5 Å². The largest absolute Gasteiger partial charge is 0.491 e. The number of ether oxygens (including phenoxy) is 3. The van der Waals surface area contributed by atoms with Gasteiger partial charge in [-0.3, -0.25) is 14.5 Å². The summed E-state index contributed by atoms with van der Waals surface area (Å²) in [6, 6.07) is 12.6. The smallest absolute Gasteiger partial charge is 0.251 e. The van der Waals surface area contributed by atoms with Crippen LogP contribution in [-0.4, -0.2) is 66.9 Å². The van der Waals surface area contributed by atoms with Gasteiger partial charge in [-0.15, -0.1) is 0 Å². The molecule has 39 heavy (non-hydrogen) atoms. The maximum absolute atomic E-state index is 12.8. The van der Waals surface area contributed by atoms with Crippen molar-refractivity contribution in [3.63, 3.8) is 0 Å². The Balaban J connectivity index is 1.20. The Hall–Kier alpha value is -3.30. The van der Waals surface area contributed by atoms with Crippen molar-refractivity contribution in [3.8, 4) is 17.2 Å². The van der Waals surface area contributed by atoms with Crippen LogP contribution in [0.15, 0.2) is 42.5 Å². The zero-order valence-electron chi connectivity index (χ0n) is 23.0. The fourth-order valence-electron chi connectivity index (χ4n) is 4.90. The van der Waals surface area contributed by atoms with E-state index in [1.807, 2.05) is 26.0 Å². The van der Waals surface area contributed by atoms with E-state index in [9.17, 15) is 14.7 Å². The fourth-order valence-corrected chi connectivity index (χ4v) is 4.90. The van der Waals surface area contributed by atoms with Crippen LogP contribution in [0.2, 0.25) is 0 Å². The second kappa shape index (κ2) is 14.2. The lowest BCUT2D eigenvalue weighted by Crippen LogP contribution is -2.50. The molecule has 2 amide bonds. The van der Waals surface area contributed by atoms with Crippen LogP contribution in [0.1, 0.15) is 74.4 Å². The minimum absolute atomic E-state index is 0.0858. The Bertz CT molecular complexity index is 1080. The van der Waals surface area contributed by atoms with Gasteiger partial charge in [0.2, 0.25) is 5.91 Å². The normalized spacial score (nSPS) is 16.5. The summed E-state index contributed by atoms with van der Waals surface area (Å²) in [5.74, 6) is 1.82. The number of unbranched alkanes of at least 4 members (excludes halogenated alkanes) is 2. The maximum Gasteiger partial charge on any atom is 0.251 e. The number of hydrogen-bond donors (Lipinski definition) is 3. The summed E-state index contributed by atoms with van der Waals surface area (Å²) in [4.78, 5) is 27.3. The monoisotopic (exact) mass is 539 g/mol. The first-order chi connectivity index (χ1) is 18.9. The van der Waals surface area contributed by atoms with Crippen LogP contribution in [0.3, 0.4) is 0 Å². The number of fused-ring (bicyclic) bond motifs is 1. The van der Waals surface area contributed by atoms with Crippen LogP contribution in [-0.2, 0) is 4.79 Å². The number of nitrogens with zero attached hydrogens (tertiary/aromatic N) is 1. The lowest BCUT2D eigenvalue weighted by atomic mass is 10.0. The molecule has 0 radical (unpaired) electrons. The van der Waals surface area contributed by atoms with Crippen LogP contribution < -0.4 is 24.8 Å². The fraction of sp³-hybridized carbons (Fsp3) is 0.533. The summed E-state index contributed by atoms with van der Waals surface area (Å²) in [6.45, 7) is 7.12. The van der Waals surface area contributed by atoms with Gasteiger partial charge in [0.15, 0.2) is 11.5 Å². The standard InChI is InChI=1S/C30H41N3O6/c1-21(2)39-24-12-9-22(10-13-24)30(36)31-15-5-3-4-8-27(34)32-29(33-16-6-7-17-33)28(35)23-11-14-25-26(20-23)38-19-18-37-25/h9-14,20-21,28-29,35H,3-8,15-19H2,1-2H3,(H,31,36)(H,32,34)/t28-,29-/m1/s1. The molecular weight excluding hydrogens is 498 g/mol. The van der Waals surface area contributed by atoms with Crippen molar-refractivity contribution in [2.24, 2.45) is 0 Å². The predicted octanol–water partition coefficient (Wildman–Crippen LogP) is 3.81. The molecule has 212 valence electrons. The van der Waals surface area contributed by atoms with Gasteiger partial charge in [-0.1, -0.05) is 12.5 Å². The van der Waals surface area contributed by atoms with Crippen LogP contribution in [0.5, 0.6) is 17.2 Å². The second-order valence-electron chi connectivity index (χ2n) is 10.4. The Morgan fingerprint density at radius 2 is 1.69 bits per heavy atom. The zero-order chi connectivity index (χ0) is 27.6. The van der Waals surface area contributed by atoms with Crippen LogP contribution in [0, 0.1) is 0 Å². The van der Waals surface area contributed by atoms with Crippen molar-refractivity contribution in [2.75, 3.05) is 32.8 Å². The summed E-state index contributed by atoms with van der Waals surface area (Å²) in [5, 5.41) is 17.2. The minimum Gasteiger partial charge on any atom is -0.491 e. The molecule has 9 nitrogen and oxygen atoms in total. The number of hydrogen-bond acceptors (Lipinski definition) is 7. The number of rotatable bonds is 13. The molecule has 2 aromatic carbocycles. The molecule has 1 saturated heterocycles. The van der Waals surface area contributed by atoms with E-state index in [0.717, 1.165) is 44.5 Å². The first-order valence-electron chi connectivity index (χ1n) is 14.1. The van der Waals surface area contributed by atoms with Crippen LogP contribution in [0.4, 0.5) is 0 Å². The van der Waals surface area contributed by atoms with Gasteiger partial charge in [0.25, 0.3) is 5.91 Å². The molecule has 0 aromatic heterocycles. The number of amides is 2. The van der Waals surface area contributed by atoms with Crippen LogP contribution >= 0.6 is 0 Å². The highest BCUT2D eigenvalue weighted by Crippen LogP contribution is 2.34. The molecule has 0 saturated carbocycles. The van der Waals surface area contributed by atoms with Gasteiger partial charge in [-0.25, -0.2) is 0 Å². The van der Waals surface area contributed by atoms with Gasteiger partial charge >= 0.3 is 0 Å². The average molecular weight is 540 g/mol. The summed E-state index contributed by atoms with van der Waals surface area (Å²) in [7, 11) is 0. The third-order valence-electron chi connectivity index (χ3n) is 6.90. The molecule has 2 aliphatic rings. The maximum atomic E-state index is 12.8. The number of nitrogens with one attached hydrogen (secondary N) is 2. The number of aliphatic hydroxyl groups is 1. The Morgan fingerprint density at radius 1 is 0.974 bits per heavy atom. The molecule has 3 N–H and O–H groups in total. The van der Waals surface area contributed by atoms with Gasteiger partial charge in [-0.2, -0.15) is 0 Å². The molecule has 0 bridgehead atoms. The van der Waals surface area contributed by atoms with Crippen LogP contribution in [0.25, 0.3) is 0 Å². The number of likely N-dealkylation sites (tertiary alicyclic amines) is 1. The molecule has 1 fully saturated rings. The third-order valence-corrected chi connectivity index (χ3v) is 6.90. The highest BCUT2D eigenvalue weighted by atomic mass is 16.6. The van der Waals surface area contributed by atoms with Gasteiger partial charge in [0, 0.05) is 31.6 Å².